The van der Waals surface area contributed by atoms with Crippen LogP contribution in [0.15, 0.2) is 24.3 Å². The lowest BCUT2D eigenvalue weighted by molar-refractivity contribution is 0.0140. The number of aliphatic hydroxyl groups excluding tert-OH is 2. The van der Waals surface area contributed by atoms with E-state index in [1.54, 1.807) is 31.3 Å². The molecule has 0 amide bonds. The van der Waals surface area contributed by atoms with E-state index in [1.807, 2.05) is 0 Å². The maximum atomic E-state index is 11.2. The van der Waals surface area contributed by atoms with Crippen molar-refractivity contribution in [2.24, 2.45) is 0 Å². The first kappa shape index (κ1) is 14.6. The third-order valence-electron chi connectivity index (χ3n) is 2.73. The van der Waals surface area contributed by atoms with Crippen LogP contribution in [0.3, 0.4) is 0 Å². The van der Waals surface area contributed by atoms with E-state index in [1.165, 1.54) is 7.11 Å². The fraction of sp³-hybridized carbons (Fsp3) is 0.462. The van der Waals surface area contributed by atoms with Gasteiger partial charge in [0.1, 0.15) is 6.10 Å². The van der Waals surface area contributed by atoms with Crippen LogP contribution < -0.4 is 5.32 Å². The molecular formula is C13H19NO4. The second-order valence-corrected chi connectivity index (χ2v) is 4.02. The molecule has 0 bridgehead atoms. The quantitative estimate of drug-likeness (QED) is 0.643. The van der Waals surface area contributed by atoms with Crippen LogP contribution in [0.1, 0.15) is 28.4 Å². The number of nitrogens with one attached hydrogen (secondary N) is 1. The molecule has 100 valence electrons. The van der Waals surface area contributed by atoms with Gasteiger partial charge in [0.25, 0.3) is 0 Å². The molecule has 2 atom stereocenters. The Balaban J connectivity index is 2.69. The van der Waals surface area contributed by atoms with Crippen molar-refractivity contribution in [1.82, 2.24) is 5.32 Å². The highest BCUT2D eigenvalue weighted by molar-refractivity contribution is 5.89. The first-order chi connectivity index (χ1) is 8.60. The Labute approximate surface area is 106 Å². The summed E-state index contributed by atoms with van der Waals surface area (Å²) in [6, 6.07) is 6.35. The number of aliphatic hydroxyl groups is 2. The largest absolute Gasteiger partial charge is 0.465 e. The monoisotopic (exact) mass is 253 g/mol. The molecule has 0 radical (unpaired) electrons. The van der Waals surface area contributed by atoms with Crippen molar-refractivity contribution < 1.29 is 19.7 Å². The number of ether oxygens (including phenoxy) is 1. The molecule has 0 aliphatic carbocycles. The van der Waals surface area contributed by atoms with Crippen LogP contribution in [-0.2, 0) is 4.74 Å². The van der Waals surface area contributed by atoms with Crippen LogP contribution in [0.5, 0.6) is 0 Å². The van der Waals surface area contributed by atoms with Gasteiger partial charge in [-0.05, 0) is 37.7 Å². The lowest BCUT2D eigenvalue weighted by Gasteiger charge is -2.18. The van der Waals surface area contributed by atoms with E-state index in [0.717, 1.165) is 0 Å². The first-order valence-corrected chi connectivity index (χ1v) is 5.79. The summed E-state index contributed by atoms with van der Waals surface area (Å²) in [7, 11) is 3.09. The third-order valence-corrected chi connectivity index (χ3v) is 2.73. The predicted octanol–water partition coefficient (Wildman–Crippen LogP) is 0.477. The number of esters is 1. The lowest BCUT2D eigenvalue weighted by Crippen LogP contribution is -2.23. The minimum Gasteiger partial charge on any atom is -0.465 e. The van der Waals surface area contributed by atoms with E-state index < -0.39 is 18.2 Å². The highest BCUT2D eigenvalue weighted by Gasteiger charge is 2.18. The molecule has 1 aromatic carbocycles. The summed E-state index contributed by atoms with van der Waals surface area (Å²) >= 11 is 0. The maximum Gasteiger partial charge on any atom is 0.337 e. The Morgan fingerprint density at radius 2 is 1.94 bits per heavy atom. The number of carbonyl (C=O) groups is 1. The number of methoxy groups -OCH3 is 1. The Hall–Kier alpha value is -1.43. The molecule has 1 rings (SSSR count). The molecule has 0 fully saturated rings. The molecule has 0 heterocycles. The Morgan fingerprint density at radius 3 is 2.44 bits per heavy atom. The van der Waals surface area contributed by atoms with Gasteiger partial charge >= 0.3 is 5.97 Å². The highest BCUT2D eigenvalue weighted by atomic mass is 16.5. The Morgan fingerprint density at radius 1 is 1.33 bits per heavy atom. The highest BCUT2D eigenvalue weighted by Crippen LogP contribution is 2.19. The molecule has 0 saturated heterocycles. The van der Waals surface area contributed by atoms with Gasteiger partial charge in [-0.2, -0.15) is 0 Å². The zero-order valence-corrected chi connectivity index (χ0v) is 10.6. The van der Waals surface area contributed by atoms with Crippen molar-refractivity contribution >= 4 is 5.97 Å². The summed E-state index contributed by atoms with van der Waals surface area (Å²) in [5.74, 6) is -0.424. The summed E-state index contributed by atoms with van der Waals surface area (Å²) in [4.78, 5) is 11.2. The van der Waals surface area contributed by atoms with Crippen molar-refractivity contribution in [1.29, 1.82) is 0 Å². The molecule has 2 unspecified atom stereocenters. The van der Waals surface area contributed by atoms with Crippen LogP contribution in [0.25, 0.3) is 0 Å². The zero-order chi connectivity index (χ0) is 13.5. The normalized spacial score (nSPS) is 14.0. The minimum atomic E-state index is -0.954. The van der Waals surface area contributed by atoms with Crippen LogP contribution >= 0.6 is 0 Å². The minimum absolute atomic E-state index is 0.415. The molecule has 5 nitrogen and oxygen atoms in total. The van der Waals surface area contributed by atoms with Gasteiger partial charge in [0.2, 0.25) is 0 Å². The second kappa shape index (κ2) is 7.10. The molecule has 0 aliphatic heterocycles. The van der Waals surface area contributed by atoms with Crippen molar-refractivity contribution in [3.05, 3.63) is 35.4 Å². The summed E-state index contributed by atoms with van der Waals surface area (Å²) in [6.07, 6.45) is -1.33. The molecule has 18 heavy (non-hydrogen) atoms. The smallest absolute Gasteiger partial charge is 0.337 e. The van der Waals surface area contributed by atoms with Crippen LogP contribution in [0.4, 0.5) is 0 Å². The molecule has 5 heteroatoms. The number of hydrogen-bond donors (Lipinski definition) is 3. The molecule has 0 spiro atoms. The number of hydrogen-bond acceptors (Lipinski definition) is 5. The van der Waals surface area contributed by atoms with Crippen LogP contribution in [0, 0.1) is 0 Å². The maximum absolute atomic E-state index is 11.2. The van der Waals surface area contributed by atoms with Gasteiger partial charge < -0.3 is 20.3 Å². The van der Waals surface area contributed by atoms with Gasteiger partial charge in [-0.25, -0.2) is 4.79 Å². The number of rotatable bonds is 6. The SMILES string of the molecule is CNCCC(O)C(O)c1ccc(C(=O)OC)cc1. The zero-order valence-electron chi connectivity index (χ0n) is 10.6. The molecular weight excluding hydrogens is 234 g/mol. The van der Waals surface area contributed by atoms with E-state index in [-0.39, 0.29) is 0 Å². The van der Waals surface area contributed by atoms with Gasteiger partial charge in [0, 0.05) is 0 Å². The third kappa shape index (κ3) is 3.80. The molecule has 0 aliphatic rings. The Kier molecular flexibility index (Phi) is 5.77. The fourth-order valence-corrected chi connectivity index (χ4v) is 1.61. The van der Waals surface area contributed by atoms with Crippen molar-refractivity contribution in [3.8, 4) is 0 Å². The number of benzene rings is 1. The summed E-state index contributed by atoms with van der Waals surface area (Å²) in [5.41, 5.74) is 0.990. The fourth-order valence-electron chi connectivity index (χ4n) is 1.61. The predicted molar refractivity (Wildman–Crippen MR) is 67.3 cm³/mol. The van der Waals surface area contributed by atoms with Gasteiger partial charge in [-0.1, -0.05) is 12.1 Å². The lowest BCUT2D eigenvalue weighted by atomic mass is 10.0. The second-order valence-electron chi connectivity index (χ2n) is 4.02. The molecule has 1 aromatic rings. The summed E-state index contributed by atoms with van der Waals surface area (Å²) in [6.45, 7) is 0.623. The van der Waals surface area contributed by atoms with Gasteiger partial charge in [0.05, 0.1) is 18.8 Å². The first-order valence-electron chi connectivity index (χ1n) is 5.79. The summed E-state index contributed by atoms with van der Waals surface area (Å²) < 4.78 is 4.58. The number of carbonyl (C=O) groups excluding carboxylic acids is 1. The van der Waals surface area contributed by atoms with Gasteiger partial charge in [0.15, 0.2) is 0 Å². The average molecular weight is 253 g/mol. The van der Waals surface area contributed by atoms with Crippen molar-refractivity contribution in [2.75, 3.05) is 20.7 Å². The van der Waals surface area contributed by atoms with E-state index in [4.69, 9.17) is 0 Å². The van der Waals surface area contributed by atoms with Gasteiger partial charge in [-0.3, -0.25) is 0 Å². The van der Waals surface area contributed by atoms with Crippen LogP contribution in [-0.4, -0.2) is 43.0 Å². The molecule has 0 aromatic heterocycles. The van der Waals surface area contributed by atoms with Crippen LogP contribution in [0.2, 0.25) is 0 Å². The van der Waals surface area contributed by atoms with E-state index in [2.05, 4.69) is 10.1 Å². The van der Waals surface area contributed by atoms with E-state index in [9.17, 15) is 15.0 Å². The molecule has 0 saturated carbocycles. The van der Waals surface area contributed by atoms with E-state index >= 15 is 0 Å². The van der Waals surface area contributed by atoms with Crippen molar-refractivity contribution in [3.63, 3.8) is 0 Å². The topological polar surface area (TPSA) is 78.8 Å². The standard InChI is InChI=1S/C13H19NO4/c1-14-8-7-11(15)12(16)9-3-5-10(6-4-9)13(17)18-2/h3-6,11-12,14-16H,7-8H2,1-2H3. The summed E-state index contributed by atoms with van der Waals surface area (Å²) in [5, 5.41) is 22.6. The van der Waals surface area contributed by atoms with Gasteiger partial charge in [-0.15, -0.1) is 0 Å². The molecule has 3 N–H and O–H groups in total. The van der Waals surface area contributed by atoms with Crippen molar-refractivity contribution in [2.45, 2.75) is 18.6 Å². The Bertz CT molecular complexity index is 377. The average Bonchev–Trinajstić information content (AvgIpc) is 2.43. The van der Waals surface area contributed by atoms with E-state index in [0.29, 0.717) is 24.1 Å².